The first-order chi connectivity index (χ1) is 12.2. The van der Waals surface area contributed by atoms with Crippen molar-refractivity contribution in [1.29, 1.82) is 0 Å². The lowest BCUT2D eigenvalue weighted by Gasteiger charge is -2.41. The van der Waals surface area contributed by atoms with Crippen LogP contribution in [0.25, 0.3) is 0 Å². The van der Waals surface area contributed by atoms with Gasteiger partial charge in [-0.25, -0.2) is 0 Å². The Morgan fingerprint density at radius 1 is 1.12 bits per heavy atom. The molecule has 0 aromatic heterocycles. The highest BCUT2D eigenvalue weighted by atomic mass is 16.2. The molecule has 2 fully saturated rings. The molecule has 1 aromatic carbocycles. The molecular weight excluding hydrogens is 310 g/mol. The lowest BCUT2D eigenvalue weighted by molar-refractivity contribution is -0.138. The monoisotopic (exact) mass is 343 g/mol. The first kappa shape index (κ1) is 18.4. The lowest BCUT2D eigenvalue weighted by atomic mass is 9.98. The summed E-state index contributed by atoms with van der Waals surface area (Å²) in [7, 11) is 0. The molecule has 3 rings (SSSR count). The molecule has 138 valence electrons. The van der Waals surface area contributed by atoms with Crippen LogP contribution in [0, 0.1) is 0 Å². The fourth-order valence-electron chi connectivity index (χ4n) is 4.12. The predicted octanol–water partition coefficient (Wildman–Crippen LogP) is 2.99. The number of benzene rings is 1. The molecule has 2 aliphatic heterocycles. The first-order valence-corrected chi connectivity index (χ1v) is 10.0. The van der Waals surface area contributed by atoms with Crippen molar-refractivity contribution in [3.8, 4) is 0 Å². The maximum absolute atomic E-state index is 13.5. The second kappa shape index (κ2) is 8.81. The predicted molar refractivity (Wildman–Crippen MR) is 103 cm³/mol. The molecule has 1 aromatic rings. The molecule has 0 bridgehead atoms. The fourth-order valence-corrected chi connectivity index (χ4v) is 4.12. The van der Waals surface area contributed by atoms with Crippen LogP contribution in [-0.4, -0.2) is 54.5 Å². The van der Waals surface area contributed by atoms with Gasteiger partial charge in [0.15, 0.2) is 0 Å². The summed E-state index contributed by atoms with van der Waals surface area (Å²) in [6, 6.07) is 8.96. The van der Waals surface area contributed by atoms with E-state index in [1.807, 2.05) is 0 Å². The summed E-state index contributed by atoms with van der Waals surface area (Å²) in [4.78, 5) is 18.0. The van der Waals surface area contributed by atoms with Gasteiger partial charge in [0.1, 0.15) is 6.04 Å². The molecule has 2 unspecified atom stereocenters. The highest BCUT2D eigenvalue weighted by Gasteiger charge is 2.35. The molecule has 2 saturated heterocycles. The standard InChI is InChI=1S/C21H33N3O/c1-3-18-8-10-19(11-9-18)20(24-15-12-22-16-17(24)2)21(25)23-13-6-4-5-7-14-23/h8-11,17,20,22H,3-7,12-16H2,1-2H3. The lowest BCUT2D eigenvalue weighted by Crippen LogP contribution is -2.54. The van der Waals surface area contributed by atoms with E-state index < -0.39 is 0 Å². The Hall–Kier alpha value is -1.39. The zero-order chi connectivity index (χ0) is 17.6. The number of aryl methyl sites for hydroxylation is 1. The van der Waals surface area contributed by atoms with Gasteiger partial charge in [-0.1, -0.05) is 44.0 Å². The normalized spacial score (nSPS) is 23.9. The van der Waals surface area contributed by atoms with Crippen molar-refractivity contribution in [2.75, 3.05) is 32.7 Å². The third-order valence-electron chi connectivity index (χ3n) is 5.74. The Kier molecular flexibility index (Phi) is 6.49. The first-order valence-electron chi connectivity index (χ1n) is 10.0. The number of carbonyl (C=O) groups is 1. The van der Waals surface area contributed by atoms with Gasteiger partial charge in [-0.05, 0) is 37.3 Å². The van der Waals surface area contributed by atoms with E-state index in [1.165, 1.54) is 18.4 Å². The van der Waals surface area contributed by atoms with Crippen molar-refractivity contribution >= 4 is 5.91 Å². The number of nitrogens with one attached hydrogen (secondary N) is 1. The Morgan fingerprint density at radius 2 is 1.80 bits per heavy atom. The molecule has 2 atom stereocenters. The van der Waals surface area contributed by atoms with Crippen LogP contribution in [0.5, 0.6) is 0 Å². The Labute approximate surface area is 152 Å². The minimum absolute atomic E-state index is 0.138. The van der Waals surface area contributed by atoms with Gasteiger partial charge in [0.2, 0.25) is 5.91 Å². The van der Waals surface area contributed by atoms with Gasteiger partial charge in [0, 0.05) is 38.8 Å². The van der Waals surface area contributed by atoms with Gasteiger partial charge >= 0.3 is 0 Å². The number of nitrogens with zero attached hydrogens (tertiary/aromatic N) is 2. The molecule has 1 N–H and O–H groups in total. The largest absolute Gasteiger partial charge is 0.341 e. The molecule has 0 aliphatic carbocycles. The number of hydrogen-bond acceptors (Lipinski definition) is 3. The summed E-state index contributed by atoms with van der Waals surface area (Å²) in [5.74, 6) is 0.305. The zero-order valence-corrected chi connectivity index (χ0v) is 15.8. The number of likely N-dealkylation sites (tertiary alicyclic amines) is 1. The molecule has 25 heavy (non-hydrogen) atoms. The van der Waals surface area contributed by atoms with E-state index in [0.717, 1.165) is 57.5 Å². The minimum Gasteiger partial charge on any atom is -0.341 e. The maximum atomic E-state index is 13.5. The summed E-state index contributed by atoms with van der Waals surface area (Å²) in [5.41, 5.74) is 2.48. The molecule has 0 saturated carbocycles. The molecular formula is C21H33N3O. The third-order valence-corrected chi connectivity index (χ3v) is 5.74. The summed E-state index contributed by atoms with van der Waals surface area (Å²) in [6.07, 6.45) is 5.83. The Bertz CT molecular complexity index is 549. The molecule has 2 aliphatic rings. The zero-order valence-electron chi connectivity index (χ0n) is 15.8. The number of hydrogen-bond donors (Lipinski definition) is 1. The SMILES string of the molecule is CCc1ccc(C(C(=O)N2CCCCCC2)N2CCNCC2C)cc1. The average molecular weight is 344 g/mol. The van der Waals surface area contributed by atoms with Crippen molar-refractivity contribution in [2.45, 2.75) is 58.0 Å². The van der Waals surface area contributed by atoms with Crippen molar-refractivity contribution < 1.29 is 4.79 Å². The van der Waals surface area contributed by atoms with Crippen LogP contribution < -0.4 is 5.32 Å². The fraction of sp³-hybridized carbons (Fsp3) is 0.667. The van der Waals surface area contributed by atoms with E-state index >= 15 is 0 Å². The van der Waals surface area contributed by atoms with Crippen molar-refractivity contribution in [1.82, 2.24) is 15.1 Å². The van der Waals surface area contributed by atoms with Crippen LogP contribution in [0.3, 0.4) is 0 Å². The van der Waals surface area contributed by atoms with E-state index in [-0.39, 0.29) is 6.04 Å². The number of piperazine rings is 1. The second-order valence-corrected chi connectivity index (χ2v) is 7.53. The van der Waals surface area contributed by atoms with Crippen molar-refractivity contribution in [3.05, 3.63) is 35.4 Å². The van der Waals surface area contributed by atoms with E-state index in [4.69, 9.17) is 0 Å². The highest BCUT2D eigenvalue weighted by Crippen LogP contribution is 2.28. The average Bonchev–Trinajstić information content (AvgIpc) is 2.93. The van der Waals surface area contributed by atoms with Gasteiger partial charge < -0.3 is 10.2 Å². The maximum Gasteiger partial charge on any atom is 0.244 e. The van der Waals surface area contributed by atoms with E-state index in [0.29, 0.717) is 11.9 Å². The summed E-state index contributed by atoms with van der Waals surface area (Å²) in [5, 5.41) is 3.45. The third kappa shape index (κ3) is 4.42. The number of rotatable bonds is 4. The van der Waals surface area contributed by atoms with Crippen LogP contribution >= 0.6 is 0 Å². The quantitative estimate of drug-likeness (QED) is 0.913. The molecule has 0 radical (unpaired) electrons. The summed E-state index contributed by atoms with van der Waals surface area (Å²) in [6.45, 7) is 9.09. The second-order valence-electron chi connectivity index (χ2n) is 7.53. The number of amides is 1. The van der Waals surface area contributed by atoms with Gasteiger partial charge in [0.25, 0.3) is 0 Å². The van der Waals surface area contributed by atoms with Crippen LogP contribution in [0.1, 0.15) is 56.7 Å². The van der Waals surface area contributed by atoms with Crippen molar-refractivity contribution in [2.24, 2.45) is 0 Å². The Morgan fingerprint density at radius 3 is 2.40 bits per heavy atom. The van der Waals surface area contributed by atoms with E-state index in [2.05, 4.69) is 53.2 Å². The Balaban J connectivity index is 1.88. The topological polar surface area (TPSA) is 35.6 Å². The number of carbonyl (C=O) groups excluding carboxylic acids is 1. The van der Waals surface area contributed by atoms with Gasteiger partial charge in [0.05, 0.1) is 0 Å². The van der Waals surface area contributed by atoms with E-state index in [1.54, 1.807) is 0 Å². The van der Waals surface area contributed by atoms with Gasteiger partial charge in [-0.3, -0.25) is 9.69 Å². The van der Waals surface area contributed by atoms with Gasteiger partial charge in [-0.2, -0.15) is 0 Å². The van der Waals surface area contributed by atoms with E-state index in [9.17, 15) is 4.79 Å². The molecule has 1 amide bonds. The molecule has 0 spiro atoms. The summed E-state index contributed by atoms with van der Waals surface area (Å²) >= 11 is 0. The van der Waals surface area contributed by atoms with Gasteiger partial charge in [-0.15, -0.1) is 0 Å². The molecule has 4 nitrogen and oxygen atoms in total. The minimum atomic E-state index is -0.138. The highest BCUT2D eigenvalue weighted by molar-refractivity contribution is 5.83. The van der Waals surface area contributed by atoms with Crippen LogP contribution in [0.4, 0.5) is 0 Å². The molecule has 4 heteroatoms. The smallest absolute Gasteiger partial charge is 0.244 e. The van der Waals surface area contributed by atoms with Crippen molar-refractivity contribution in [3.63, 3.8) is 0 Å². The van der Waals surface area contributed by atoms with Crippen LogP contribution in [0.15, 0.2) is 24.3 Å². The molecule has 2 heterocycles. The van der Waals surface area contributed by atoms with Crippen LogP contribution in [0.2, 0.25) is 0 Å². The van der Waals surface area contributed by atoms with Crippen LogP contribution in [-0.2, 0) is 11.2 Å². The summed E-state index contributed by atoms with van der Waals surface area (Å²) < 4.78 is 0.